The topological polar surface area (TPSA) is 26.3 Å². The first kappa shape index (κ1) is 20.4. The Kier molecular flexibility index (Phi) is 9.02. The van der Waals surface area contributed by atoms with Gasteiger partial charge in [0, 0.05) is 0 Å². The van der Waals surface area contributed by atoms with Gasteiger partial charge in [0.05, 0.1) is 5.56 Å². The van der Waals surface area contributed by atoms with E-state index in [0.29, 0.717) is 11.3 Å². The van der Waals surface area contributed by atoms with Crippen molar-refractivity contribution in [2.24, 2.45) is 0 Å². The zero-order valence-electron chi connectivity index (χ0n) is 15.9. The van der Waals surface area contributed by atoms with E-state index in [1.54, 1.807) is 12.1 Å². The SMILES string of the molecule is C/C=C(\C=C/CC)c1ccc(OC(=O)c2ccc(C)cc2)cc1.CC. The van der Waals surface area contributed by atoms with E-state index in [0.717, 1.165) is 23.1 Å². The lowest BCUT2D eigenvalue weighted by atomic mass is 10.0. The quantitative estimate of drug-likeness (QED) is 0.349. The third kappa shape index (κ3) is 6.42. The summed E-state index contributed by atoms with van der Waals surface area (Å²) < 4.78 is 5.41. The molecule has 0 amide bonds. The summed E-state index contributed by atoms with van der Waals surface area (Å²) in [5, 5.41) is 0. The van der Waals surface area contributed by atoms with Gasteiger partial charge in [0.15, 0.2) is 0 Å². The first-order chi connectivity index (χ1) is 12.1. The number of aryl methyl sites for hydroxylation is 1. The van der Waals surface area contributed by atoms with Crippen molar-refractivity contribution in [3.05, 3.63) is 83.4 Å². The van der Waals surface area contributed by atoms with E-state index in [9.17, 15) is 4.79 Å². The number of esters is 1. The van der Waals surface area contributed by atoms with Crippen molar-refractivity contribution in [2.75, 3.05) is 0 Å². The minimum absolute atomic E-state index is 0.338. The third-order valence-electron chi connectivity index (χ3n) is 3.53. The van der Waals surface area contributed by atoms with E-state index >= 15 is 0 Å². The molecule has 132 valence electrons. The standard InChI is InChI=1S/C21H22O2.C2H6/c1-4-6-7-17(5-2)18-12-14-20(15-13-18)23-21(22)19-10-8-16(3)9-11-19;1-2/h5-15H,4H2,1-3H3;1-2H3/b7-6-,17-5+;. The number of ether oxygens (including phenoxy) is 1. The molecular weight excluding hydrogens is 308 g/mol. The smallest absolute Gasteiger partial charge is 0.343 e. The van der Waals surface area contributed by atoms with E-state index in [2.05, 4.69) is 25.2 Å². The van der Waals surface area contributed by atoms with Crippen LogP contribution in [0.4, 0.5) is 0 Å². The Balaban J connectivity index is 0.00000151. The number of benzene rings is 2. The number of hydrogen-bond donors (Lipinski definition) is 0. The zero-order chi connectivity index (χ0) is 18.7. The molecule has 0 aliphatic carbocycles. The highest BCUT2D eigenvalue weighted by Crippen LogP contribution is 2.21. The molecule has 0 unspecified atom stereocenters. The Morgan fingerprint density at radius 3 is 2.04 bits per heavy atom. The number of rotatable bonds is 5. The molecule has 0 atom stereocenters. The van der Waals surface area contributed by atoms with E-state index in [1.807, 2.05) is 64.1 Å². The summed E-state index contributed by atoms with van der Waals surface area (Å²) in [6, 6.07) is 14.9. The van der Waals surface area contributed by atoms with Crippen LogP contribution < -0.4 is 4.74 Å². The average molecular weight is 336 g/mol. The summed E-state index contributed by atoms with van der Waals surface area (Å²) in [6.45, 7) is 10.1. The molecule has 0 aromatic heterocycles. The lowest BCUT2D eigenvalue weighted by Gasteiger charge is -2.07. The van der Waals surface area contributed by atoms with Crippen LogP contribution in [0.2, 0.25) is 0 Å². The van der Waals surface area contributed by atoms with E-state index in [4.69, 9.17) is 4.74 Å². The fourth-order valence-electron chi connectivity index (χ4n) is 2.17. The van der Waals surface area contributed by atoms with Gasteiger partial charge < -0.3 is 4.74 Å². The summed E-state index contributed by atoms with van der Waals surface area (Å²) in [7, 11) is 0. The molecule has 0 aliphatic rings. The van der Waals surface area contributed by atoms with E-state index in [1.165, 1.54) is 0 Å². The highest BCUT2D eigenvalue weighted by Gasteiger charge is 2.08. The molecular formula is C23H28O2. The van der Waals surface area contributed by atoms with Gasteiger partial charge in [-0.2, -0.15) is 0 Å². The van der Waals surface area contributed by atoms with Gasteiger partial charge in [-0.25, -0.2) is 4.79 Å². The van der Waals surface area contributed by atoms with Crippen LogP contribution in [0.15, 0.2) is 66.8 Å². The predicted molar refractivity (Wildman–Crippen MR) is 107 cm³/mol. The molecule has 0 saturated heterocycles. The average Bonchev–Trinajstić information content (AvgIpc) is 2.65. The minimum atomic E-state index is -0.338. The Bertz CT molecular complexity index is 705. The summed E-state index contributed by atoms with van der Waals surface area (Å²) >= 11 is 0. The Hall–Kier alpha value is -2.61. The number of allylic oxidation sites excluding steroid dienone is 4. The van der Waals surface area contributed by atoms with Crippen LogP contribution in [-0.2, 0) is 0 Å². The van der Waals surface area contributed by atoms with Gasteiger partial charge in [-0.1, -0.05) is 68.8 Å². The fraction of sp³-hybridized carbons (Fsp3) is 0.261. The highest BCUT2D eigenvalue weighted by atomic mass is 16.5. The Labute approximate surface area is 151 Å². The Morgan fingerprint density at radius 1 is 0.960 bits per heavy atom. The fourth-order valence-corrected chi connectivity index (χ4v) is 2.17. The second kappa shape index (κ2) is 11.0. The molecule has 0 heterocycles. The zero-order valence-corrected chi connectivity index (χ0v) is 15.9. The molecule has 0 N–H and O–H groups in total. The minimum Gasteiger partial charge on any atom is -0.423 e. The van der Waals surface area contributed by atoms with Crippen LogP contribution in [0.1, 0.15) is 55.6 Å². The maximum Gasteiger partial charge on any atom is 0.343 e. The van der Waals surface area contributed by atoms with Crippen LogP contribution in [0, 0.1) is 6.92 Å². The van der Waals surface area contributed by atoms with Crippen LogP contribution in [0.5, 0.6) is 5.75 Å². The van der Waals surface area contributed by atoms with Gasteiger partial charge in [-0.3, -0.25) is 0 Å². The van der Waals surface area contributed by atoms with Crippen molar-refractivity contribution in [2.45, 2.75) is 41.0 Å². The second-order valence-electron chi connectivity index (χ2n) is 5.33. The first-order valence-corrected chi connectivity index (χ1v) is 8.86. The summed E-state index contributed by atoms with van der Waals surface area (Å²) in [4.78, 5) is 12.1. The molecule has 0 radical (unpaired) electrons. The van der Waals surface area contributed by atoms with Crippen molar-refractivity contribution in [1.82, 2.24) is 0 Å². The van der Waals surface area contributed by atoms with Crippen molar-refractivity contribution >= 4 is 11.5 Å². The van der Waals surface area contributed by atoms with Gasteiger partial charge >= 0.3 is 5.97 Å². The molecule has 2 heteroatoms. The van der Waals surface area contributed by atoms with E-state index in [-0.39, 0.29) is 5.97 Å². The number of hydrogen-bond acceptors (Lipinski definition) is 2. The van der Waals surface area contributed by atoms with Gasteiger partial charge in [-0.15, -0.1) is 0 Å². The molecule has 25 heavy (non-hydrogen) atoms. The normalized spacial score (nSPS) is 11.0. The van der Waals surface area contributed by atoms with Gasteiger partial charge in [-0.05, 0) is 55.7 Å². The summed E-state index contributed by atoms with van der Waals surface area (Å²) in [6.07, 6.45) is 7.30. The largest absolute Gasteiger partial charge is 0.423 e. The predicted octanol–water partition coefficient (Wildman–Crippen LogP) is 6.61. The molecule has 2 rings (SSSR count). The highest BCUT2D eigenvalue weighted by molar-refractivity contribution is 5.91. The molecule has 0 spiro atoms. The second-order valence-corrected chi connectivity index (χ2v) is 5.33. The lowest BCUT2D eigenvalue weighted by Crippen LogP contribution is -2.08. The maximum absolute atomic E-state index is 12.1. The van der Waals surface area contributed by atoms with Crippen molar-refractivity contribution in [3.63, 3.8) is 0 Å². The van der Waals surface area contributed by atoms with Crippen LogP contribution in [0.3, 0.4) is 0 Å². The molecule has 0 aliphatic heterocycles. The third-order valence-corrected chi connectivity index (χ3v) is 3.53. The first-order valence-electron chi connectivity index (χ1n) is 8.86. The van der Waals surface area contributed by atoms with Crippen molar-refractivity contribution < 1.29 is 9.53 Å². The Morgan fingerprint density at radius 2 is 1.52 bits per heavy atom. The lowest BCUT2D eigenvalue weighted by molar-refractivity contribution is 0.0735. The van der Waals surface area contributed by atoms with E-state index < -0.39 is 0 Å². The number of carbonyl (C=O) groups excluding carboxylic acids is 1. The number of carbonyl (C=O) groups is 1. The summed E-state index contributed by atoms with van der Waals surface area (Å²) in [5.74, 6) is 0.212. The molecule has 0 bridgehead atoms. The van der Waals surface area contributed by atoms with Crippen molar-refractivity contribution in [3.8, 4) is 5.75 Å². The van der Waals surface area contributed by atoms with Crippen LogP contribution in [-0.4, -0.2) is 5.97 Å². The molecule has 0 fully saturated rings. The summed E-state index contributed by atoms with van der Waals surface area (Å²) in [5.41, 5.74) is 3.93. The molecule has 2 aromatic rings. The molecule has 2 aromatic carbocycles. The monoisotopic (exact) mass is 336 g/mol. The molecule has 2 nitrogen and oxygen atoms in total. The van der Waals surface area contributed by atoms with Crippen molar-refractivity contribution in [1.29, 1.82) is 0 Å². The van der Waals surface area contributed by atoms with Gasteiger partial charge in [0.1, 0.15) is 5.75 Å². The van der Waals surface area contributed by atoms with Gasteiger partial charge in [0.2, 0.25) is 0 Å². The van der Waals surface area contributed by atoms with Gasteiger partial charge in [0.25, 0.3) is 0 Å². The van der Waals surface area contributed by atoms with Crippen LogP contribution in [0.25, 0.3) is 5.57 Å². The van der Waals surface area contributed by atoms with Crippen LogP contribution >= 0.6 is 0 Å². The molecule has 0 saturated carbocycles. The maximum atomic E-state index is 12.1.